The second-order valence-corrected chi connectivity index (χ2v) is 5.00. The molecule has 0 saturated carbocycles. The number of carbonyl (C=O) groups is 2. The molecule has 0 radical (unpaired) electrons. The van der Waals surface area contributed by atoms with Gasteiger partial charge in [-0.1, -0.05) is 0 Å². The summed E-state index contributed by atoms with van der Waals surface area (Å²) in [5.74, 6) is 0.544. The number of benzene rings is 2. The fourth-order valence-corrected chi connectivity index (χ4v) is 2.11. The Morgan fingerprint density at radius 3 is 2.28 bits per heavy atom. The minimum Gasteiger partial charge on any atom is -0.497 e. The molecular formula is C19H19NO5. The molecule has 2 aromatic rings. The van der Waals surface area contributed by atoms with E-state index in [1.165, 1.54) is 13.2 Å². The fraction of sp³-hybridized carbons (Fsp3) is 0.158. The topological polar surface area (TPSA) is 73.9 Å². The van der Waals surface area contributed by atoms with Crippen molar-refractivity contribution in [2.24, 2.45) is 0 Å². The predicted molar refractivity (Wildman–Crippen MR) is 95.0 cm³/mol. The maximum absolute atomic E-state index is 12.0. The molecule has 0 fully saturated rings. The Morgan fingerprint density at radius 1 is 0.960 bits per heavy atom. The van der Waals surface area contributed by atoms with Crippen LogP contribution in [0, 0.1) is 0 Å². The molecule has 0 bridgehead atoms. The van der Waals surface area contributed by atoms with Gasteiger partial charge in [-0.15, -0.1) is 0 Å². The van der Waals surface area contributed by atoms with Crippen LogP contribution in [-0.2, 0) is 9.53 Å². The Kier molecular flexibility index (Phi) is 6.17. The highest BCUT2D eigenvalue weighted by Crippen LogP contribution is 2.25. The van der Waals surface area contributed by atoms with Crippen LogP contribution in [0.15, 0.2) is 48.5 Å². The summed E-state index contributed by atoms with van der Waals surface area (Å²) in [7, 11) is 4.44. The van der Waals surface area contributed by atoms with E-state index in [4.69, 9.17) is 9.47 Å². The van der Waals surface area contributed by atoms with Crippen molar-refractivity contribution < 1.29 is 23.8 Å². The lowest BCUT2D eigenvalue weighted by atomic mass is 10.1. The van der Waals surface area contributed by atoms with Crippen LogP contribution in [0.3, 0.4) is 0 Å². The van der Waals surface area contributed by atoms with Crippen LogP contribution in [0.2, 0.25) is 0 Å². The number of hydrogen-bond donors (Lipinski definition) is 1. The molecule has 0 heterocycles. The van der Waals surface area contributed by atoms with Gasteiger partial charge in [-0.25, -0.2) is 4.79 Å². The SMILES string of the molecule is COC(=O)c1ccc(NC(=O)/C=C/c2ccc(OC)cc2OC)cc1. The van der Waals surface area contributed by atoms with Crippen LogP contribution in [-0.4, -0.2) is 33.2 Å². The van der Waals surface area contributed by atoms with E-state index in [0.717, 1.165) is 5.56 Å². The van der Waals surface area contributed by atoms with Gasteiger partial charge in [-0.2, -0.15) is 0 Å². The van der Waals surface area contributed by atoms with Crippen LogP contribution in [0.5, 0.6) is 11.5 Å². The summed E-state index contributed by atoms with van der Waals surface area (Å²) in [6, 6.07) is 11.7. The first-order valence-corrected chi connectivity index (χ1v) is 7.47. The second kappa shape index (κ2) is 8.54. The van der Waals surface area contributed by atoms with E-state index in [-0.39, 0.29) is 5.91 Å². The van der Waals surface area contributed by atoms with E-state index in [9.17, 15) is 9.59 Å². The Bertz CT molecular complexity index is 781. The first kappa shape index (κ1) is 18.1. The van der Waals surface area contributed by atoms with Crippen molar-refractivity contribution in [3.8, 4) is 11.5 Å². The van der Waals surface area contributed by atoms with Crippen molar-refractivity contribution in [3.63, 3.8) is 0 Å². The third-order valence-corrected chi connectivity index (χ3v) is 3.43. The standard InChI is InChI=1S/C19H19NO5/c1-23-16-10-6-13(17(12-16)24-2)7-11-18(21)20-15-8-4-14(5-9-15)19(22)25-3/h4-12H,1-3H3,(H,20,21)/b11-7+. The molecule has 0 aromatic heterocycles. The summed E-state index contributed by atoms with van der Waals surface area (Å²) < 4.78 is 15.0. The predicted octanol–water partition coefficient (Wildman–Crippen LogP) is 3.14. The van der Waals surface area contributed by atoms with Crippen LogP contribution in [0.25, 0.3) is 6.08 Å². The van der Waals surface area contributed by atoms with Crippen LogP contribution < -0.4 is 14.8 Å². The van der Waals surface area contributed by atoms with Gasteiger partial charge in [0.15, 0.2) is 0 Å². The molecule has 6 nitrogen and oxygen atoms in total. The monoisotopic (exact) mass is 341 g/mol. The molecule has 2 rings (SSSR count). The molecule has 0 aliphatic carbocycles. The first-order valence-electron chi connectivity index (χ1n) is 7.47. The number of anilines is 1. The van der Waals surface area contributed by atoms with Crippen molar-refractivity contribution in [2.75, 3.05) is 26.6 Å². The second-order valence-electron chi connectivity index (χ2n) is 5.00. The van der Waals surface area contributed by atoms with Crippen molar-refractivity contribution >= 4 is 23.6 Å². The maximum atomic E-state index is 12.0. The normalized spacial score (nSPS) is 10.4. The van der Waals surface area contributed by atoms with Gasteiger partial charge < -0.3 is 19.5 Å². The highest BCUT2D eigenvalue weighted by molar-refractivity contribution is 6.02. The Morgan fingerprint density at radius 2 is 1.68 bits per heavy atom. The largest absolute Gasteiger partial charge is 0.497 e. The number of rotatable bonds is 6. The molecule has 0 atom stereocenters. The van der Waals surface area contributed by atoms with Gasteiger partial charge in [0.05, 0.1) is 26.9 Å². The molecule has 1 N–H and O–H groups in total. The van der Waals surface area contributed by atoms with E-state index in [1.54, 1.807) is 62.8 Å². The van der Waals surface area contributed by atoms with Gasteiger partial charge >= 0.3 is 5.97 Å². The minimum absolute atomic E-state index is 0.302. The highest BCUT2D eigenvalue weighted by atomic mass is 16.5. The molecule has 6 heteroatoms. The van der Waals surface area contributed by atoms with Gasteiger partial charge in [0.1, 0.15) is 11.5 Å². The molecule has 0 aliphatic rings. The summed E-state index contributed by atoms with van der Waals surface area (Å²) in [5, 5.41) is 2.71. The summed E-state index contributed by atoms with van der Waals surface area (Å²) in [6.07, 6.45) is 3.05. The quantitative estimate of drug-likeness (QED) is 0.645. The number of nitrogens with one attached hydrogen (secondary N) is 1. The smallest absolute Gasteiger partial charge is 0.337 e. The number of esters is 1. The minimum atomic E-state index is -0.427. The van der Waals surface area contributed by atoms with Crippen LogP contribution in [0.4, 0.5) is 5.69 Å². The van der Waals surface area contributed by atoms with E-state index < -0.39 is 5.97 Å². The fourth-order valence-electron chi connectivity index (χ4n) is 2.11. The van der Waals surface area contributed by atoms with E-state index in [1.807, 2.05) is 0 Å². The zero-order valence-electron chi connectivity index (χ0n) is 14.2. The van der Waals surface area contributed by atoms with Crippen LogP contribution >= 0.6 is 0 Å². The molecule has 0 spiro atoms. The molecule has 0 unspecified atom stereocenters. The zero-order valence-corrected chi connectivity index (χ0v) is 14.2. The number of carbonyl (C=O) groups excluding carboxylic acids is 2. The van der Waals surface area contributed by atoms with Crippen molar-refractivity contribution in [1.82, 2.24) is 0 Å². The lowest BCUT2D eigenvalue weighted by Crippen LogP contribution is -2.08. The zero-order chi connectivity index (χ0) is 18.2. The van der Waals surface area contributed by atoms with Crippen molar-refractivity contribution in [3.05, 3.63) is 59.7 Å². The Labute approximate surface area is 146 Å². The summed E-state index contributed by atoms with van der Waals surface area (Å²) in [4.78, 5) is 23.4. The third-order valence-electron chi connectivity index (χ3n) is 3.43. The number of ether oxygens (including phenoxy) is 3. The molecular weight excluding hydrogens is 322 g/mol. The maximum Gasteiger partial charge on any atom is 0.337 e. The molecule has 2 aromatic carbocycles. The van der Waals surface area contributed by atoms with Gasteiger partial charge in [-0.3, -0.25) is 4.79 Å². The average Bonchev–Trinajstić information content (AvgIpc) is 2.66. The van der Waals surface area contributed by atoms with Crippen molar-refractivity contribution in [1.29, 1.82) is 0 Å². The molecule has 0 saturated heterocycles. The van der Waals surface area contributed by atoms with Crippen LogP contribution in [0.1, 0.15) is 15.9 Å². The number of amides is 1. The Balaban J connectivity index is 2.04. The van der Waals surface area contributed by atoms with Crippen molar-refractivity contribution in [2.45, 2.75) is 0 Å². The molecule has 130 valence electrons. The lowest BCUT2D eigenvalue weighted by molar-refractivity contribution is -0.111. The molecule has 0 aliphatic heterocycles. The number of methoxy groups -OCH3 is 3. The average molecular weight is 341 g/mol. The molecule has 1 amide bonds. The van der Waals surface area contributed by atoms with E-state index >= 15 is 0 Å². The summed E-state index contributed by atoms with van der Waals surface area (Å²) in [6.45, 7) is 0. The summed E-state index contributed by atoms with van der Waals surface area (Å²) in [5.41, 5.74) is 1.74. The number of hydrogen-bond acceptors (Lipinski definition) is 5. The van der Waals surface area contributed by atoms with E-state index in [0.29, 0.717) is 22.7 Å². The van der Waals surface area contributed by atoms with Gasteiger partial charge in [0.25, 0.3) is 0 Å². The van der Waals surface area contributed by atoms with E-state index in [2.05, 4.69) is 10.1 Å². The first-order chi connectivity index (χ1) is 12.1. The third kappa shape index (κ3) is 4.84. The lowest BCUT2D eigenvalue weighted by Gasteiger charge is -2.07. The Hall–Kier alpha value is -3.28. The van der Waals surface area contributed by atoms with Gasteiger partial charge in [0.2, 0.25) is 5.91 Å². The molecule has 25 heavy (non-hydrogen) atoms. The van der Waals surface area contributed by atoms with Gasteiger partial charge in [-0.05, 0) is 42.5 Å². The van der Waals surface area contributed by atoms with Gasteiger partial charge in [0, 0.05) is 23.4 Å². The highest BCUT2D eigenvalue weighted by Gasteiger charge is 2.06. The summed E-state index contributed by atoms with van der Waals surface area (Å²) >= 11 is 0.